The lowest BCUT2D eigenvalue weighted by Crippen LogP contribution is -2.34. The van der Waals surface area contributed by atoms with E-state index in [2.05, 4.69) is 48.6 Å². The Morgan fingerprint density at radius 1 is 1.25 bits per heavy atom. The summed E-state index contributed by atoms with van der Waals surface area (Å²) in [6.45, 7) is 2.04. The molecule has 0 amide bonds. The predicted molar refractivity (Wildman–Crippen MR) is 68.3 cm³/mol. The Bertz CT molecular complexity index is 329. The van der Waals surface area contributed by atoms with E-state index in [0.29, 0.717) is 0 Å². The van der Waals surface area contributed by atoms with Gasteiger partial charge in [0.05, 0.1) is 0 Å². The van der Waals surface area contributed by atoms with Crippen LogP contribution in [0.2, 0.25) is 0 Å². The first-order chi connectivity index (χ1) is 7.74. The molecule has 1 saturated carbocycles. The van der Waals surface area contributed by atoms with Gasteiger partial charge in [0, 0.05) is 19.1 Å². The van der Waals surface area contributed by atoms with Gasteiger partial charge < -0.3 is 10.2 Å². The predicted octanol–water partition coefficient (Wildman–Crippen LogP) is 2.39. The molecule has 0 aliphatic heterocycles. The molecule has 1 fully saturated rings. The van der Waals surface area contributed by atoms with Crippen molar-refractivity contribution in [2.45, 2.75) is 38.4 Å². The normalized spacial score (nSPS) is 16.4. The molecule has 88 valence electrons. The second-order valence-corrected chi connectivity index (χ2v) is 5.07. The molecular formula is C14H22N2. The number of nitrogens with one attached hydrogen (secondary N) is 1. The number of nitrogens with zero attached hydrogens (tertiary/aromatic N) is 1. The van der Waals surface area contributed by atoms with Crippen LogP contribution < -0.4 is 5.32 Å². The third-order valence-electron chi connectivity index (χ3n) is 3.19. The molecule has 0 spiro atoms. The molecule has 2 heteroatoms. The summed E-state index contributed by atoms with van der Waals surface area (Å²) in [4.78, 5) is 2.21. The molecule has 0 saturated heterocycles. The minimum absolute atomic E-state index is 0.775. The van der Waals surface area contributed by atoms with Gasteiger partial charge in [-0.1, -0.05) is 30.7 Å². The van der Waals surface area contributed by atoms with Gasteiger partial charge in [0.1, 0.15) is 0 Å². The van der Waals surface area contributed by atoms with Crippen molar-refractivity contribution < 1.29 is 0 Å². The van der Waals surface area contributed by atoms with Crippen LogP contribution in [0.3, 0.4) is 0 Å². The second kappa shape index (κ2) is 5.46. The fourth-order valence-electron chi connectivity index (χ4n) is 2.08. The zero-order chi connectivity index (χ0) is 11.4. The van der Waals surface area contributed by atoms with Crippen LogP contribution in [0.25, 0.3) is 0 Å². The average Bonchev–Trinajstić information content (AvgIpc) is 2.14. The minimum Gasteiger partial charge on any atom is -0.310 e. The van der Waals surface area contributed by atoms with E-state index in [1.165, 1.54) is 30.4 Å². The number of rotatable bonds is 5. The number of hydrogen-bond donors (Lipinski definition) is 1. The van der Waals surface area contributed by atoms with E-state index in [4.69, 9.17) is 0 Å². The average molecular weight is 218 g/mol. The summed E-state index contributed by atoms with van der Waals surface area (Å²) < 4.78 is 0. The smallest absolute Gasteiger partial charge is 0.0227 e. The summed E-state index contributed by atoms with van der Waals surface area (Å²) in [7, 11) is 4.22. The van der Waals surface area contributed by atoms with Gasteiger partial charge in [0.2, 0.25) is 0 Å². The van der Waals surface area contributed by atoms with Crippen LogP contribution >= 0.6 is 0 Å². The van der Waals surface area contributed by atoms with Crippen LogP contribution in [0, 0.1) is 0 Å². The van der Waals surface area contributed by atoms with Gasteiger partial charge in [-0.3, -0.25) is 0 Å². The van der Waals surface area contributed by atoms with Crippen molar-refractivity contribution in [1.82, 2.24) is 10.2 Å². The fourth-order valence-corrected chi connectivity index (χ4v) is 2.08. The summed E-state index contributed by atoms with van der Waals surface area (Å²) in [5.41, 5.74) is 2.81. The molecule has 0 bridgehead atoms. The molecule has 1 N–H and O–H groups in total. The molecule has 1 aliphatic carbocycles. The van der Waals surface area contributed by atoms with E-state index in [9.17, 15) is 0 Å². The maximum absolute atomic E-state index is 3.60. The molecule has 0 radical (unpaired) electrons. The molecule has 1 aromatic rings. The SMILES string of the molecule is CN(C)Cc1cccc(CNC2CCC2)c1. The fraction of sp³-hybridized carbons (Fsp3) is 0.571. The summed E-state index contributed by atoms with van der Waals surface area (Å²) in [5.74, 6) is 0. The van der Waals surface area contributed by atoms with Crippen molar-refractivity contribution >= 4 is 0 Å². The monoisotopic (exact) mass is 218 g/mol. The highest BCUT2D eigenvalue weighted by Gasteiger charge is 2.15. The summed E-state index contributed by atoms with van der Waals surface area (Å²) in [6, 6.07) is 9.66. The lowest BCUT2D eigenvalue weighted by atomic mass is 9.93. The van der Waals surface area contributed by atoms with E-state index < -0.39 is 0 Å². The molecule has 0 atom stereocenters. The lowest BCUT2D eigenvalue weighted by molar-refractivity contribution is 0.338. The van der Waals surface area contributed by atoms with E-state index in [0.717, 1.165) is 19.1 Å². The first kappa shape index (κ1) is 11.6. The maximum Gasteiger partial charge on any atom is 0.0227 e. The third-order valence-corrected chi connectivity index (χ3v) is 3.19. The topological polar surface area (TPSA) is 15.3 Å². The molecule has 0 heterocycles. The molecule has 1 aliphatic rings. The standard InChI is InChI=1S/C14H22N2/c1-16(2)11-13-6-3-5-12(9-13)10-15-14-7-4-8-14/h3,5-6,9,14-15H,4,7-8,10-11H2,1-2H3. The summed E-state index contributed by atoms with van der Waals surface area (Å²) in [6.07, 6.45) is 4.12. The van der Waals surface area contributed by atoms with Crippen molar-refractivity contribution in [3.05, 3.63) is 35.4 Å². The van der Waals surface area contributed by atoms with Crippen LogP contribution in [0.4, 0.5) is 0 Å². The Hall–Kier alpha value is -0.860. The molecule has 2 rings (SSSR count). The van der Waals surface area contributed by atoms with Crippen LogP contribution in [0.1, 0.15) is 30.4 Å². The molecule has 2 nitrogen and oxygen atoms in total. The first-order valence-electron chi connectivity index (χ1n) is 6.20. The third kappa shape index (κ3) is 3.32. The zero-order valence-corrected chi connectivity index (χ0v) is 10.4. The maximum atomic E-state index is 3.60. The van der Waals surface area contributed by atoms with Crippen molar-refractivity contribution in [1.29, 1.82) is 0 Å². The summed E-state index contributed by atoms with van der Waals surface area (Å²) >= 11 is 0. The van der Waals surface area contributed by atoms with E-state index in [1.807, 2.05) is 0 Å². The first-order valence-corrected chi connectivity index (χ1v) is 6.20. The van der Waals surface area contributed by atoms with Gasteiger partial charge in [-0.2, -0.15) is 0 Å². The van der Waals surface area contributed by atoms with E-state index in [1.54, 1.807) is 0 Å². The highest BCUT2D eigenvalue weighted by molar-refractivity contribution is 5.23. The van der Waals surface area contributed by atoms with Crippen LogP contribution in [-0.4, -0.2) is 25.0 Å². The van der Waals surface area contributed by atoms with Gasteiger partial charge in [-0.15, -0.1) is 0 Å². The Labute approximate surface area is 98.7 Å². The summed E-state index contributed by atoms with van der Waals surface area (Å²) in [5, 5.41) is 3.60. The minimum atomic E-state index is 0.775. The van der Waals surface area contributed by atoms with Crippen LogP contribution in [0.5, 0.6) is 0 Å². The quantitative estimate of drug-likeness (QED) is 0.816. The van der Waals surface area contributed by atoms with Crippen molar-refractivity contribution in [2.75, 3.05) is 14.1 Å². The highest BCUT2D eigenvalue weighted by atomic mass is 15.0. The Balaban J connectivity index is 1.87. The van der Waals surface area contributed by atoms with Crippen LogP contribution in [-0.2, 0) is 13.1 Å². The molecular weight excluding hydrogens is 196 g/mol. The Morgan fingerprint density at radius 3 is 2.62 bits per heavy atom. The van der Waals surface area contributed by atoms with Crippen molar-refractivity contribution in [3.63, 3.8) is 0 Å². The van der Waals surface area contributed by atoms with Gasteiger partial charge in [0.25, 0.3) is 0 Å². The van der Waals surface area contributed by atoms with Crippen molar-refractivity contribution in [3.8, 4) is 0 Å². The molecule has 0 unspecified atom stereocenters. The van der Waals surface area contributed by atoms with E-state index in [-0.39, 0.29) is 0 Å². The van der Waals surface area contributed by atoms with Crippen LogP contribution in [0.15, 0.2) is 24.3 Å². The van der Waals surface area contributed by atoms with Gasteiger partial charge in [-0.25, -0.2) is 0 Å². The second-order valence-electron chi connectivity index (χ2n) is 5.07. The Morgan fingerprint density at radius 2 is 2.00 bits per heavy atom. The number of benzene rings is 1. The zero-order valence-electron chi connectivity index (χ0n) is 10.4. The number of hydrogen-bond acceptors (Lipinski definition) is 2. The van der Waals surface area contributed by atoms with Gasteiger partial charge in [-0.05, 0) is 38.1 Å². The molecule has 1 aromatic carbocycles. The van der Waals surface area contributed by atoms with Crippen molar-refractivity contribution in [2.24, 2.45) is 0 Å². The van der Waals surface area contributed by atoms with Gasteiger partial charge >= 0.3 is 0 Å². The van der Waals surface area contributed by atoms with E-state index >= 15 is 0 Å². The largest absolute Gasteiger partial charge is 0.310 e. The Kier molecular flexibility index (Phi) is 3.97. The molecule has 0 aromatic heterocycles. The molecule has 16 heavy (non-hydrogen) atoms. The lowest BCUT2D eigenvalue weighted by Gasteiger charge is -2.26. The van der Waals surface area contributed by atoms with Gasteiger partial charge in [0.15, 0.2) is 0 Å². The highest BCUT2D eigenvalue weighted by Crippen LogP contribution is 2.18.